The van der Waals surface area contributed by atoms with E-state index in [9.17, 15) is 0 Å². The van der Waals surface area contributed by atoms with Gasteiger partial charge >= 0.3 is 0 Å². The lowest BCUT2D eigenvalue weighted by Crippen LogP contribution is -2.09. The SMILES string of the molecule is Cn1cc(NCc2cnc(C(C)(C)C)s2)cn1. The molecule has 0 saturated carbocycles. The van der Waals surface area contributed by atoms with Crippen LogP contribution in [0, 0.1) is 0 Å². The van der Waals surface area contributed by atoms with Crippen LogP contribution in [-0.4, -0.2) is 14.8 Å². The fourth-order valence-corrected chi connectivity index (χ4v) is 2.35. The second-order valence-corrected chi connectivity index (χ2v) is 6.25. The van der Waals surface area contributed by atoms with Gasteiger partial charge in [0.15, 0.2) is 0 Å². The van der Waals surface area contributed by atoms with E-state index in [4.69, 9.17) is 0 Å². The molecule has 0 aromatic carbocycles. The first kappa shape index (κ1) is 12.1. The van der Waals surface area contributed by atoms with Crippen LogP contribution in [0.4, 0.5) is 5.69 Å². The maximum absolute atomic E-state index is 4.46. The molecule has 0 saturated heterocycles. The maximum atomic E-state index is 4.46. The van der Waals surface area contributed by atoms with Gasteiger partial charge in [0.05, 0.1) is 23.4 Å². The molecule has 5 heteroatoms. The number of hydrogen-bond acceptors (Lipinski definition) is 4. The molecular formula is C12H18N4S. The highest BCUT2D eigenvalue weighted by atomic mass is 32.1. The lowest BCUT2D eigenvalue weighted by Gasteiger charge is -2.13. The molecule has 0 fully saturated rings. The van der Waals surface area contributed by atoms with E-state index in [-0.39, 0.29) is 5.41 Å². The van der Waals surface area contributed by atoms with E-state index in [0.29, 0.717) is 0 Å². The fraction of sp³-hybridized carbons (Fsp3) is 0.500. The number of aromatic nitrogens is 3. The number of thiazole rings is 1. The van der Waals surface area contributed by atoms with Gasteiger partial charge in [-0.15, -0.1) is 11.3 Å². The molecule has 4 nitrogen and oxygen atoms in total. The summed E-state index contributed by atoms with van der Waals surface area (Å²) in [4.78, 5) is 5.71. The standard InChI is InChI=1S/C12H18N4S/c1-12(2,3)11-14-7-10(17-11)6-13-9-5-15-16(4)8-9/h5,7-8,13H,6H2,1-4H3. The van der Waals surface area contributed by atoms with Crippen LogP contribution < -0.4 is 5.32 Å². The van der Waals surface area contributed by atoms with E-state index in [1.54, 1.807) is 16.0 Å². The Hall–Kier alpha value is -1.36. The molecule has 92 valence electrons. The van der Waals surface area contributed by atoms with Crippen LogP contribution in [0.25, 0.3) is 0 Å². The number of hydrogen-bond donors (Lipinski definition) is 1. The quantitative estimate of drug-likeness (QED) is 0.911. The van der Waals surface area contributed by atoms with Gasteiger partial charge in [0, 0.05) is 29.7 Å². The summed E-state index contributed by atoms with van der Waals surface area (Å²) in [6.45, 7) is 7.36. The number of nitrogens with one attached hydrogen (secondary N) is 1. The van der Waals surface area contributed by atoms with Crippen LogP contribution in [-0.2, 0) is 19.0 Å². The summed E-state index contributed by atoms with van der Waals surface area (Å²) in [5.41, 5.74) is 1.18. The Kier molecular flexibility index (Phi) is 3.19. The van der Waals surface area contributed by atoms with Crippen molar-refractivity contribution in [2.45, 2.75) is 32.7 Å². The van der Waals surface area contributed by atoms with Crippen LogP contribution in [0.3, 0.4) is 0 Å². The molecule has 0 aliphatic carbocycles. The van der Waals surface area contributed by atoms with Gasteiger partial charge in [-0.1, -0.05) is 20.8 Å². The fourth-order valence-electron chi connectivity index (χ4n) is 1.44. The highest BCUT2D eigenvalue weighted by Crippen LogP contribution is 2.27. The molecule has 2 rings (SSSR count). The second-order valence-electron chi connectivity index (χ2n) is 5.14. The molecule has 0 amide bonds. The highest BCUT2D eigenvalue weighted by molar-refractivity contribution is 7.11. The molecule has 0 bridgehead atoms. The highest BCUT2D eigenvalue weighted by Gasteiger charge is 2.17. The topological polar surface area (TPSA) is 42.7 Å². The summed E-state index contributed by atoms with van der Waals surface area (Å²) in [5.74, 6) is 0. The molecule has 0 radical (unpaired) electrons. The summed E-state index contributed by atoms with van der Waals surface area (Å²) in [6, 6.07) is 0. The normalized spacial score (nSPS) is 11.8. The molecule has 1 N–H and O–H groups in total. The van der Waals surface area contributed by atoms with Gasteiger partial charge in [-0.25, -0.2) is 4.98 Å². The zero-order valence-corrected chi connectivity index (χ0v) is 11.5. The van der Waals surface area contributed by atoms with Crippen LogP contribution in [0.15, 0.2) is 18.6 Å². The van der Waals surface area contributed by atoms with Crippen molar-refractivity contribution < 1.29 is 0 Å². The minimum absolute atomic E-state index is 0.136. The molecule has 2 aromatic rings. The Bertz CT molecular complexity index is 493. The first-order chi connectivity index (χ1) is 7.95. The van der Waals surface area contributed by atoms with Crippen molar-refractivity contribution in [3.63, 3.8) is 0 Å². The number of aryl methyl sites for hydroxylation is 1. The Morgan fingerprint density at radius 2 is 2.12 bits per heavy atom. The Balaban J connectivity index is 1.98. The van der Waals surface area contributed by atoms with E-state index in [2.05, 4.69) is 36.2 Å². The lowest BCUT2D eigenvalue weighted by molar-refractivity contribution is 0.585. The zero-order chi connectivity index (χ0) is 12.5. The van der Waals surface area contributed by atoms with Crippen LogP contribution >= 0.6 is 11.3 Å². The lowest BCUT2D eigenvalue weighted by atomic mass is 9.98. The van der Waals surface area contributed by atoms with Gasteiger partial charge in [0.25, 0.3) is 0 Å². The zero-order valence-electron chi connectivity index (χ0n) is 10.7. The van der Waals surface area contributed by atoms with E-state index in [1.165, 1.54) is 9.88 Å². The van der Waals surface area contributed by atoms with Crippen molar-refractivity contribution in [2.24, 2.45) is 7.05 Å². The minimum Gasteiger partial charge on any atom is -0.378 e. The average molecular weight is 250 g/mol. The Labute approximate surface area is 106 Å². The molecule has 17 heavy (non-hydrogen) atoms. The van der Waals surface area contributed by atoms with E-state index >= 15 is 0 Å². The van der Waals surface area contributed by atoms with Gasteiger partial charge in [-0.2, -0.15) is 5.10 Å². The van der Waals surface area contributed by atoms with Crippen LogP contribution in [0.5, 0.6) is 0 Å². The third kappa shape index (κ3) is 3.06. The smallest absolute Gasteiger partial charge is 0.0981 e. The minimum atomic E-state index is 0.136. The van der Waals surface area contributed by atoms with Crippen molar-refractivity contribution in [1.82, 2.24) is 14.8 Å². The largest absolute Gasteiger partial charge is 0.378 e. The summed E-state index contributed by atoms with van der Waals surface area (Å²) in [5, 5.41) is 8.63. The van der Waals surface area contributed by atoms with Crippen molar-refractivity contribution in [2.75, 3.05) is 5.32 Å². The molecule has 0 unspecified atom stereocenters. The van der Waals surface area contributed by atoms with Crippen molar-refractivity contribution >= 4 is 17.0 Å². The van der Waals surface area contributed by atoms with Crippen molar-refractivity contribution in [3.05, 3.63) is 28.5 Å². The average Bonchev–Trinajstić information content (AvgIpc) is 2.82. The molecule has 0 aliphatic heterocycles. The molecule has 2 aromatic heterocycles. The van der Waals surface area contributed by atoms with Gasteiger partial charge in [-0.3, -0.25) is 4.68 Å². The summed E-state index contributed by atoms with van der Waals surface area (Å²) < 4.78 is 1.79. The number of nitrogens with zero attached hydrogens (tertiary/aromatic N) is 3. The van der Waals surface area contributed by atoms with E-state index in [0.717, 1.165) is 12.2 Å². The summed E-state index contributed by atoms with van der Waals surface area (Å²) in [7, 11) is 1.91. The van der Waals surface area contributed by atoms with Gasteiger partial charge in [-0.05, 0) is 0 Å². The third-order valence-electron chi connectivity index (χ3n) is 2.37. The van der Waals surface area contributed by atoms with Crippen LogP contribution in [0.1, 0.15) is 30.7 Å². The third-order valence-corrected chi connectivity index (χ3v) is 3.79. The maximum Gasteiger partial charge on any atom is 0.0981 e. The van der Waals surface area contributed by atoms with Gasteiger partial charge in [0.1, 0.15) is 0 Å². The number of anilines is 1. The summed E-state index contributed by atoms with van der Waals surface area (Å²) in [6.07, 6.45) is 5.74. The van der Waals surface area contributed by atoms with Gasteiger partial charge < -0.3 is 5.32 Å². The predicted molar refractivity (Wildman–Crippen MR) is 71.3 cm³/mol. The van der Waals surface area contributed by atoms with E-state index < -0.39 is 0 Å². The molecule has 2 heterocycles. The van der Waals surface area contributed by atoms with Crippen molar-refractivity contribution in [3.8, 4) is 0 Å². The molecule has 0 aliphatic rings. The Morgan fingerprint density at radius 3 is 2.65 bits per heavy atom. The number of rotatable bonds is 3. The van der Waals surface area contributed by atoms with Gasteiger partial charge in [0.2, 0.25) is 0 Å². The van der Waals surface area contributed by atoms with Crippen LogP contribution in [0.2, 0.25) is 0 Å². The first-order valence-electron chi connectivity index (χ1n) is 5.63. The Morgan fingerprint density at radius 1 is 1.35 bits per heavy atom. The molecule has 0 atom stereocenters. The predicted octanol–water partition coefficient (Wildman–Crippen LogP) is 2.79. The second kappa shape index (κ2) is 4.49. The first-order valence-corrected chi connectivity index (χ1v) is 6.44. The molecular weight excluding hydrogens is 232 g/mol. The monoisotopic (exact) mass is 250 g/mol. The summed E-state index contributed by atoms with van der Waals surface area (Å²) >= 11 is 1.77. The van der Waals surface area contributed by atoms with Crippen molar-refractivity contribution in [1.29, 1.82) is 0 Å². The molecule has 0 spiro atoms. The van der Waals surface area contributed by atoms with E-state index in [1.807, 2.05) is 25.6 Å².